The fourth-order valence-electron chi connectivity index (χ4n) is 2.23. The van der Waals surface area contributed by atoms with Crippen LogP contribution in [0.3, 0.4) is 0 Å². The molecule has 0 atom stereocenters. The van der Waals surface area contributed by atoms with Gasteiger partial charge in [0.05, 0.1) is 4.90 Å². The third kappa shape index (κ3) is 4.99. The molecule has 2 rings (SSSR count). The Morgan fingerprint density at radius 1 is 0.957 bits per heavy atom. The number of anilines is 2. The standard InChI is InChI=1S/C18H24N2O2S/c1-14(2)12-13-19-16-8-10-17(11-9-16)20-23(21,22)18-7-5-4-6-15(18)3/h4-11,14,19-20H,12-13H2,1-3H3. The normalized spacial score (nSPS) is 11.5. The van der Waals surface area contributed by atoms with E-state index in [-0.39, 0.29) is 0 Å². The molecule has 0 aromatic heterocycles. The molecule has 0 amide bonds. The van der Waals surface area contributed by atoms with Crippen LogP contribution in [0.25, 0.3) is 0 Å². The molecule has 0 radical (unpaired) electrons. The second-order valence-corrected chi connectivity index (χ2v) is 7.71. The molecule has 2 aromatic rings. The Balaban J connectivity index is 2.04. The van der Waals surface area contributed by atoms with Crippen molar-refractivity contribution >= 4 is 21.4 Å². The van der Waals surface area contributed by atoms with Crippen LogP contribution in [-0.2, 0) is 10.0 Å². The average Bonchev–Trinajstić information content (AvgIpc) is 2.48. The quantitative estimate of drug-likeness (QED) is 0.797. The Kier molecular flexibility index (Phi) is 5.66. The Hall–Kier alpha value is -2.01. The van der Waals surface area contributed by atoms with Gasteiger partial charge in [0.2, 0.25) is 0 Å². The first-order valence-corrected chi connectivity index (χ1v) is 9.29. The van der Waals surface area contributed by atoms with Gasteiger partial charge in [0.15, 0.2) is 0 Å². The van der Waals surface area contributed by atoms with Crippen LogP contribution < -0.4 is 10.0 Å². The maximum atomic E-state index is 12.4. The van der Waals surface area contributed by atoms with E-state index < -0.39 is 10.0 Å². The van der Waals surface area contributed by atoms with Gasteiger partial charge >= 0.3 is 0 Å². The van der Waals surface area contributed by atoms with E-state index in [1.54, 1.807) is 37.3 Å². The van der Waals surface area contributed by atoms with Crippen molar-refractivity contribution in [2.24, 2.45) is 5.92 Å². The van der Waals surface area contributed by atoms with Crippen molar-refractivity contribution < 1.29 is 8.42 Å². The minimum atomic E-state index is -3.56. The zero-order valence-corrected chi connectivity index (χ0v) is 14.7. The number of hydrogen-bond donors (Lipinski definition) is 2. The number of benzene rings is 2. The summed E-state index contributed by atoms with van der Waals surface area (Å²) in [4.78, 5) is 0.305. The van der Waals surface area contributed by atoms with Crippen LogP contribution in [0.15, 0.2) is 53.4 Å². The fraction of sp³-hybridized carbons (Fsp3) is 0.333. The molecule has 2 N–H and O–H groups in total. The first-order valence-electron chi connectivity index (χ1n) is 7.81. The zero-order valence-electron chi connectivity index (χ0n) is 13.8. The Morgan fingerprint density at radius 2 is 1.57 bits per heavy atom. The molecule has 0 saturated carbocycles. The highest BCUT2D eigenvalue weighted by Crippen LogP contribution is 2.20. The highest BCUT2D eigenvalue weighted by molar-refractivity contribution is 7.92. The third-order valence-corrected chi connectivity index (χ3v) is 5.11. The van der Waals surface area contributed by atoms with Gasteiger partial charge in [0, 0.05) is 17.9 Å². The van der Waals surface area contributed by atoms with Gasteiger partial charge in [-0.25, -0.2) is 8.42 Å². The monoisotopic (exact) mass is 332 g/mol. The van der Waals surface area contributed by atoms with E-state index in [0.29, 0.717) is 16.5 Å². The summed E-state index contributed by atoms with van der Waals surface area (Å²) < 4.78 is 27.5. The average molecular weight is 332 g/mol. The zero-order chi connectivity index (χ0) is 16.9. The van der Waals surface area contributed by atoms with Crippen molar-refractivity contribution in [3.63, 3.8) is 0 Å². The van der Waals surface area contributed by atoms with Gasteiger partial charge in [0.25, 0.3) is 10.0 Å². The molecule has 0 aliphatic heterocycles. The fourth-order valence-corrected chi connectivity index (χ4v) is 3.54. The van der Waals surface area contributed by atoms with Gasteiger partial charge in [0.1, 0.15) is 0 Å². The van der Waals surface area contributed by atoms with E-state index in [0.717, 1.165) is 24.2 Å². The highest BCUT2D eigenvalue weighted by atomic mass is 32.2. The summed E-state index contributed by atoms with van der Waals surface area (Å²) in [6, 6.07) is 14.3. The Bertz CT molecular complexity index is 738. The van der Waals surface area contributed by atoms with Gasteiger partial charge in [-0.05, 0) is 55.2 Å². The summed E-state index contributed by atoms with van der Waals surface area (Å²) in [6.07, 6.45) is 1.10. The molecule has 0 heterocycles. The van der Waals surface area contributed by atoms with Crippen LogP contribution >= 0.6 is 0 Å². The first kappa shape index (κ1) is 17.3. The van der Waals surface area contributed by atoms with Crippen LogP contribution in [-0.4, -0.2) is 15.0 Å². The van der Waals surface area contributed by atoms with Gasteiger partial charge in [-0.2, -0.15) is 0 Å². The van der Waals surface area contributed by atoms with Crippen molar-refractivity contribution in [2.45, 2.75) is 32.1 Å². The number of hydrogen-bond acceptors (Lipinski definition) is 3. The van der Waals surface area contributed by atoms with Crippen LogP contribution in [0.4, 0.5) is 11.4 Å². The minimum absolute atomic E-state index is 0.305. The van der Waals surface area contributed by atoms with E-state index >= 15 is 0 Å². The molecule has 0 spiro atoms. The Labute approximate surface area is 139 Å². The van der Waals surface area contributed by atoms with E-state index in [1.807, 2.05) is 18.2 Å². The van der Waals surface area contributed by atoms with Crippen molar-refractivity contribution in [3.05, 3.63) is 54.1 Å². The van der Waals surface area contributed by atoms with Gasteiger partial charge < -0.3 is 5.32 Å². The summed E-state index contributed by atoms with van der Waals surface area (Å²) >= 11 is 0. The van der Waals surface area contributed by atoms with Gasteiger partial charge in [-0.1, -0.05) is 32.0 Å². The van der Waals surface area contributed by atoms with Gasteiger partial charge in [-0.3, -0.25) is 4.72 Å². The second-order valence-electron chi connectivity index (χ2n) is 6.06. The largest absolute Gasteiger partial charge is 0.385 e. The van der Waals surface area contributed by atoms with Crippen molar-refractivity contribution in [3.8, 4) is 0 Å². The lowest BCUT2D eigenvalue weighted by Crippen LogP contribution is -2.14. The molecule has 0 fully saturated rings. The van der Waals surface area contributed by atoms with E-state index in [2.05, 4.69) is 23.9 Å². The molecule has 124 valence electrons. The topological polar surface area (TPSA) is 58.2 Å². The molecule has 0 unspecified atom stereocenters. The van der Waals surface area contributed by atoms with Gasteiger partial charge in [-0.15, -0.1) is 0 Å². The van der Waals surface area contributed by atoms with Crippen molar-refractivity contribution in [1.82, 2.24) is 0 Å². The number of nitrogens with one attached hydrogen (secondary N) is 2. The first-order chi connectivity index (χ1) is 10.9. The van der Waals surface area contributed by atoms with Crippen LogP contribution in [0.1, 0.15) is 25.8 Å². The number of aryl methyl sites for hydroxylation is 1. The molecule has 5 heteroatoms. The molecule has 4 nitrogen and oxygen atoms in total. The minimum Gasteiger partial charge on any atom is -0.385 e. The van der Waals surface area contributed by atoms with Crippen molar-refractivity contribution in [1.29, 1.82) is 0 Å². The molecule has 0 bridgehead atoms. The summed E-state index contributed by atoms with van der Waals surface area (Å²) in [6.45, 7) is 7.07. The lowest BCUT2D eigenvalue weighted by atomic mass is 10.1. The smallest absolute Gasteiger partial charge is 0.262 e. The lowest BCUT2D eigenvalue weighted by Gasteiger charge is -2.12. The lowest BCUT2D eigenvalue weighted by molar-refractivity contribution is 0.600. The van der Waals surface area contributed by atoms with E-state index in [9.17, 15) is 8.42 Å². The SMILES string of the molecule is Cc1ccccc1S(=O)(=O)Nc1ccc(NCCC(C)C)cc1. The summed E-state index contributed by atoms with van der Waals surface area (Å²) in [5.41, 5.74) is 2.28. The highest BCUT2D eigenvalue weighted by Gasteiger charge is 2.16. The van der Waals surface area contributed by atoms with Crippen LogP contribution in [0.2, 0.25) is 0 Å². The summed E-state index contributed by atoms with van der Waals surface area (Å²) in [7, 11) is -3.56. The molecule has 2 aromatic carbocycles. The van der Waals surface area contributed by atoms with E-state index in [4.69, 9.17) is 0 Å². The van der Waals surface area contributed by atoms with E-state index in [1.165, 1.54) is 0 Å². The maximum Gasteiger partial charge on any atom is 0.262 e. The predicted molar refractivity (Wildman–Crippen MR) is 96.4 cm³/mol. The molecule has 0 aliphatic carbocycles. The summed E-state index contributed by atoms with van der Waals surface area (Å²) in [5.74, 6) is 0.655. The number of rotatable bonds is 7. The molecule has 23 heavy (non-hydrogen) atoms. The molecular formula is C18H24N2O2S. The predicted octanol–water partition coefficient (Wildman–Crippen LogP) is 4.25. The van der Waals surface area contributed by atoms with Crippen molar-refractivity contribution in [2.75, 3.05) is 16.6 Å². The third-order valence-electron chi connectivity index (χ3n) is 3.57. The summed E-state index contributed by atoms with van der Waals surface area (Å²) in [5, 5.41) is 3.33. The molecular weight excluding hydrogens is 308 g/mol. The van der Waals surface area contributed by atoms with Crippen LogP contribution in [0, 0.1) is 12.8 Å². The Morgan fingerprint density at radius 3 is 2.17 bits per heavy atom. The maximum absolute atomic E-state index is 12.4. The molecule has 0 saturated heterocycles. The molecule has 0 aliphatic rings. The number of sulfonamides is 1. The van der Waals surface area contributed by atoms with Crippen LogP contribution in [0.5, 0.6) is 0 Å². The second kappa shape index (κ2) is 7.51.